The Morgan fingerprint density at radius 2 is 1.81 bits per heavy atom. The van der Waals surface area contributed by atoms with Gasteiger partial charge in [-0.05, 0) is 76.0 Å². The molecule has 0 fully saturated rings. The van der Waals surface area contributed by atoms with Gasteiger partial charge in [0.25, 0.3) is 0 Å². The van der Waals surface area contributed by atoms with Crippen LogP contribution in [0.25, 0.3) is 0 Å². The Kier molecular flexibility index (Phi) is 13.0. The summed E-state index contributed by atoms with van der Waals surface area (Å²) in [5.74, 6) is 2.00. The summed E-state index contributed by atoms with van der Waals surface area (Å²) >= 11 is 0. The van der Waals surface area contributed by atoms with Crippen LogP contribution >= 0.6 is 0 Å². The minimum absolute atomic E-state index is 0.0278. The van der Waals surface area contributed by atoms with Crippen molar-refractivity contribution in [3.8, 4) is 11.5 Å². The van der Waals surface area contributed by atoms with E-state index in [0.717, 1.165) is 61.2 Å². The molecule has 176 valence electrons. The summed E-state index contributed by atoms with van der Waals surface area (Å²) in [5.41, 5.74) is 0.957. The van der Waals surface area contributed by atoms with Gasteiger partial charge in [-0.2, -0.15) is 0 Å². The minimum atomic E-state index is -0.0278. The van der Waals surface area contributed by atoms with Crippen LogP contribution in [0.1, 0.15) is 65.9 Å². The molecule has 0 heterocycles. The predicted molar refractivity (Wildman–Crippen MR) is 129 cm³/mol. The topological polar surface area (TPSA) is 53.9 Å². The van der Waals surface area contributed by atoms with E-state index < -0.39 is 0 Å². The second kappa shape index (κ2) is 14.9. The third kappa shape index (κ3) is 10.2. The van der Waals surface area contributed by atoms with Crippen molar-refractivity contribution >= 4 is 5.90 Å². The lowest BCUT2D eigenvalue weighted by Gasteiger charge is -2.35. The molecule has 0 N–H and O–H groups in total. The average molecular weight is 433 g/mol. The Morgan fingerprint density at radius 1 is 1.10 bits per heavy atom. The molecule has 0 saturated carbocycles. The highest BCUT2D eigenvalue weighted by atomic mass is 16.5. The summed E-state index contributed by atoms with van der Waals surface area (Å²) in [7, 11) is 1.65. The van der Waals surface area contributed by atoms with E-state index in [2.05, 4.69) is 51.8 Å². The SMILES string of the molecule is CC[N+](CC)(CC)CCOc1ccc(CN=C([O-])CCCC/C=C/C(C)C)cc1OC. The third-order valence-corrected chi connectivity index (χ3v) is 6.03. The van der Waals surface area contributed by atoms with E-state index in [4.69, 9.17) is 9.47 Å². The molecule has 0 aliphatic rings. The predicted octanol–water partition coefficient (Wildman–Crippen LogP) is 4.98. The normalized spacial score (nSPS) is 12.7. The molecule has 0 atom stereocenters. The van der Waals surface area contributed by atoms with Gasteiger partial charge in [0.05, 0.1) is 33.3 Å². The summed E-state index contributed by atoms with van der Waals surface area (Å²) in [6.07, 6.45) is 7.86. The van der Waals surface area contributed by atoms with Gasteiger partial charge in [0.2, 0.25) is 0 Å². The highest BCUT2D eigenvalue weighted by Gasteiger charge is 2.20. The summed E-state index contributed by atoms with van der Waals surface area (Å²) in [5, 5.41) is 12.1. The number of allylic oxidation sites excluding steroid dienone is 2. The standard InChI is InChI=1S/C26H44N2O3/c1-7-28(8-2,9-3)18-19-31-24-17-16-23(20-25(24)30-6)21-27-26(29)15-13-11-10-12-14-22(4)5/h12,14,16-17,20,22H,7-11,13,15,18-19,21H2,1-6H3/b14-12+. The van der Waals surface area contributed by atoms with Gasteiger partial charge >= 0.3 is 0 Å². The number of likely N-dealkylation sites (N-methyl/N-ethyl adjacent to an activating group) is 1. The van der Waals surface area contributed by atoms with Crippen LogP contribution < -0.4 is 14.6 Å². The lowest BCUT2D eigenvalue weighted by atomic mass is 10.1. The molecular formula is C26H44N2O3. The molecule has 0 bridgehead atoms. The fraction of sp³-hybridized carbons (Fsp3) is 0.654. The zero-order chi connectivity index (χ0) is 23.1. The van der Waals surface area contributed by atoms with Gasteiger partial charge in [0.1, 0.15) is 13.2 Å². The van der Waals surface area contributed by atoms with Crippen molar-refractivity contribution in [1.82, 2.24) is 0 Å². The van der Waals surface area contributed by atoms with Crippen LogP contribution in [0.15, 0.2) is 35.3 Å². The molecule has 0 radical (unpaired) electrons. The first-order valence-electron chi connectivity index (χ1n) is 11.9. The quantitative estimate of drug-likeness (QED) is 0.122. The van der Waals surface area contributed by atoms with Crippen LogP contribution in [0.2, 0.25) is 0 Å². The zero-order valence-corrected chi connectivity index (χ0v) is 20.7. The van der Waals surface area contributed by atoms with Crippen LogP contribution in [0.4, 0.5) is 0 Å². The number of hydrogen-bond acceptors (Lipinski definition) is 4. The lowest BCUT2D eigenvalue weighted by molar-refractivity contribution is -0.923. The van der Waals surface area contributed by atoms with Gasteiger partial charge in [0.15, 0.2) is 11.5 Å². The molecule has 0 saturated heterocycles. The molecule has 1 aromatic rings. The number of benzene rings is 1. The van der Waals surface area contributed by atoms with Crippen LogP contribution in [0.3, 0.4) is 0 Å². The molecule has 5 nitrogen and oxygen atoms in total. The van der Waals surface area contributed by atoms with E-state index in [0.29, 0.717) is 31.2 Å². The highest BCUT2D eigenvalue weighted by molar-refractivity contribution is 5.71. The van der Waals surface area contributed by atoms with Crippen LogP contribution in [0.5, 0.6) is 11.5 Å². The molecule has 0 aromatic heterocycles. The van der Waals surface area contributed by atoms with Crippen molar-refractivity contribution in [2.24, 2.45) is 10.9 Å². The molecular weight excluding hydrogens is 388 g/mol. The van der Waals surface area contributed by atoms with Crippen molar-refractivity contribution in [2.75, 3.05) is 39.9 Å². The molecule has 0 spiro atoms. The van der Waals surface area contributed by atoms with E-state index in [9.17, 15) is 5.11 Å². The van der Waals surface area contributed by atoms with Crippen molar-refractivity contribution in [1.29, 1.82) is 0 Å². The number of nitrogens with zero attached hydrogens (tertiary/aromatic N) is 2. The Bertz CT molecular complexity index is 671. The fourth-order valence-electron chi connectivity index (χ4n) is 3.59. The Hall–Kier alpha value is -2.01. The number of unbranched alkanes of at least 4 members (excludes halogenated alkanes) is 2. The molecule has 1 rings (SSSR count). The van der Waals surface area contributed by atoms with Gasteiger partial charge in [-0.3, -0.25) is 0 Å². The first-order valence-corrected chi connectivity index (χ1v) is 11.9. The van der Waals surface area contributed by atoms with Gasteiger partial charge in [0, 0.05) is 0 Å². The Balaban J connectivity index is 2.53. The smallest absolute Gasteiger partial charge is 0.161 e. The monoisotopic (exact) mass is 432 g/mol. The minimum Gasteiger partial charge on any atom is -0.862 e. The first-order chi connectivity index (χ1) is 14.9. The summed E-state index contributed by atoms with van der Waals surface area (Å²) in [6.45, 7) is 16.4. The molecule has 31 heavy (non-hydrogen) atoms. The molecule has 5 heteroatoms. The molecule has 0 amide bonds. The lowest BCUT2D eigenvalue weighted by Crippen LogP contribution is -2.49. The number of hydrogen-bond donors (Lipinski definition) is 0. The molecule has 1 aromatic carbocycles. The van der Waals surface area contributed by atoms with E-state index in [1.54, 1.807) is 7.11 Å². The van der Waals surface area contributed by atoms with E-state index in [1.807, 2.05) is 18.2 Å². The maximum atomic E-state index is 12.1. The van der Waals surface area contributed by atoms with E-state index in [1.165, 1.54) is 0 Å². The van der Waals surface area contributed by atoms with E-state index in [-0.39, 0.29) is 5.90 Å². The number of aliphatic imine (C=N–C) groups is 1. The van der Waals surface area contributed by atoms with Crippen LogP contribution in [-0.4, -0.2) is 50.3 Å². The fourth-order valence-corrected chi connectivity index (χ4v) is 3.59. The molecule has 0 aliphatic carbocycles. The first kappa shape index (κ1) is 27.0. The van der Waals surface area contributed by atoms with Gasteiger partial charge < -0.3 is 24.1 Å². The highest BCUT2D eigenvalue weighted by Crippen LogP contribution is 2.28. The van der Waals surface area contributed by atoms with Crippen LogP contribution in [0, 0.1) is 5.92 Å². The number of rotatable bonds is 16. The maximum absolute atomic E-state index is 12.1. The van der Waals surface area contributed by atoms with Gasteiger partial charge in [-0.15, -0.1) is 0 Å². The second-order valence-corrected chi connectivity index (χ2v) is 8.48. The maximum Gasteiger partial charge on any atom is 0.161 e. The van der Waals surface area contributed by atoms with Crippen molar-refractivity contribution in [3.05, 3.63) is 35.9 Å². The third-order valence-electron chi connectivity index (χ3n) is 6.03. The van der Waals surface area contributed by atoms with Crippen molar-refractivity contribution < 1.29 is 19.1 Å². The Labute approximate surface area is 190 Å². The number of methoxy groups -OCH3 is 1. The van der Waals surface area contributed by atoms with Crippen molar-refractivity contribution in [2.45, 2.75) is 66.8 Å². The van der Waals surface area contributed by atoms with Crippen LogP contribution in [-0.2, 0) is 6.54 Å². The summed E-state index contributed by atoms with van der Waals surface area (Å²) in [4.78, 5) is 4.22. The largest absolute Gasteiger partial charge is 0.862 e. The van der Waals surface area contributed by atoms with Crippen molar-refractivity contribution in [3.63, 3.8) is 0 Å². The molecule has 0 aliphatic heterocycles. The number of quaternary nitrogens is 1. The summed E-state index contributed by atoms with van der Waals surface area (Å²) < 4.78 is 12.6. The summed E-state index contributed by atoms with van der Waals surface area (Å²) in [6, 6.07) is 5.81. The average Bonchev–Trinajstić information content (AvgIpc) is 2.78. The van der Waals surface area contributed by atoms with Gasteiger partial charge in [-0.1, -0.05) is 32.1 Å². The number of ether oxygens (including phenoxy) is 2. The zero-order valence-electron chi connectivity index (χ0n) is 20.7. The molecule has 0 unspecified atom stereocenters. The van der Waals surface area contributed by atoms with E-state index >= 15 is 0 Å². The second-order valence-electron chi connectivity index (χ2n) is 8.48. The Morgan fingerprint density at radius 3 is 2.42 bits per heavy atom. The van der Waals surface area contributed by atoms with Gasteiger partial charge in [-0.25, -0.2) is 0 Å².